The van der Waals surface area contributed by atoms with Crippen LogP contribution in [0.25, 0.3) is 0 Å². The van der Waals surface area contributed by atoms with Gasteiger partial charge in [-0.25, -0.2) is 0 Å². The molecule has 2 aromatic rings. The molecule has 3 saturated carbocycles. The quantitative estimate of drug-likeness (QED) is 0.193. The van der Waals surface area contributed by atoms with Gasteiger partial charge in [0.25, 0.3) is 0 Å². The van der Waals surface area contributed by atoms with Crippen molar-refractivity contribution in [1.29, 1.82) is 0 Å². The molecule has 7 nitrogen and oxygen atoms in total. The number of esters is 1. The summed E-state index contributed by atoms with van der Waals surface area (Å²) >= 11 is 0. The Labute approximate surface area is 305 Å². The number of fused-ring (bicyclic) bond motifs is 2. The number of benzene rings is 2. The molecule has 0 spiro atoms. The molecule has 51 heavy (non-hydrogen) atoms. The van der Waals surface area contributed by atoms with Crippen molar-refractivity contribution in [2.24, 2.45) is 45.8 Å². The fraction of sp³-hybridized carbons (Fsp3) is 0.659. The van der Waals surface area contributed by atoms with Gasteiger partial charge in [0.1, 0.15) is 5.41 Å². The summed E-state index contributed by atoms with van der Waals surface area (Å²) in [5.74, 6) is 1.38. The van der Waals surface area contributed by atoms with E-state index in [0.29, 0.717) is 31.7 Å². The van der Waals surface area contributed by atoms with Crippen molar-refractivity contribution in [1.82, 2.24) is 4.90 Å². The second-order valence-corrected chi connectivity index (χ2v) is 18.1. The molecule has 0 radical (unpaired) electrons. The molecule has 4 bridgehead atoms. The minimum atomic E-state index is -0.898. The predicted octanol–water partition coefficient (Wildman–Crippen LogP) is 8.20. The summed E-state index contributed by atoms with van der Waals surface area (Å²) < 4.78 is 33.8. The largest absolute Gasteiger partial charge is 0.452 e. The molecule has 0 N–H and O–H groups in total. The normalized spacial score (nSPS) is 38.0. The third-order valence-corrected chi connectivity index (χ3v) is 14.0. The molecule has 0 aromatic heterocycles. The van der Waals surface area contributed by atoms with E-state index in [-0.39, 0.29) is 47.1 Å². The van der Waals surface area contributed by atoms with Gasteiger partial charge in [-0.1, -0.05) is 99.5 Å². The molecule has 8 rings (SSSR count). The van der Waals surface area contributed by atoms with Gasteiger partial charge in [0.2, 0.25) is 0 Å². The van der Waals surface area contributed by atoms with E-state index < -0.39 is 23.2 Å². The van der Waals surface area contributed by atoms with Crippen molar-refractivity contribution in [2.45, 2.75) is 104 Å². The molecule has 7 unspecified atom stereocenters. The number of carbonyl (C=O) groups excluding carboxylic acids is 1. The molecule has 6 aliphatic rings. The summed E-state index contributed by atoms with van der Waals surface area (Å²) in [6.07, 6.45) is 5.22. The molecular weight excluding hydrogens is 638 g/mol. The number of hydrogen-bond acceptors (Lipinski definition) is 7. The van der Waals surface area contributed by atoms with E-state index in [1.807, 2.05) is 36.4 Å². The SMILES string of the molecule is CC(C)C1=CC2(CO[C@H]3CN(C(C)(C)C)C[C@@H](C)O3)CC3(C4OCCO4)C4CCC(C)C4CC2C13C(=O)OC(c1ccccc1)c1ccccc1. The molecule has 2 heterocycles. The van der Waals surface area contributed by atoms with Crippen LogP contribution >= 0.6 is 0 Å². The Morgan fingerprint density at radius 3 is 2.20 bits per heavy atom. The fourth-order valence-corrected chi connectivity index (χ4v) is 12.0. The van der Waals surface area contributed by atoms with Crippen molar-refractivity contribution in [2.75, 3.05) is 32.9 Å². The molecule has 5 fully saturated rings. The van der Waals surface area contributed by atoms with Crippen LogP contribution in [0, 0.1) is 45.8 Å². The highest BCUT2D eigenvalue weighted by molar-refractivity contribution is 5.86. The summed E-state index contributed by atoms with van der Waals surface area (Å²) in [7, 11) is 0. The molecule has 2 aliphatic heterocycles. The average molecular weight is 698 g/mol. The Hall–Kier alpha value is -2.55. The van der Waals surface area contributed by atoms with Crippen LogP contribution in [-0.2, 0) is 28.5 Å². The zero-order valence-corrected chi connectivity index (χ0v) is 31.8. The Balaban J connectivity index is 1.25. The van der Waals surface area contributed by atoms with Crippen LogP contribution in [0.2, 0.25) is 0 Å². The number of carbonyl (C=O) groups is 1. The first kappa shape index (κ1) is 35.5. The Morgan fingerprint density at radius 1 is 0.941 bits per heavy atom. The van der Waals surface area contributed by atoms with Gasteiger partial charge in [0.05, 0.1) is 32.5 Å². The number of morpholine rings is 1. The highest BCUT2D eigenvalue weighted by Crippen LogP contribution is 2.83. The summed E-state index contributed by atoms with van der Waals surface area (Å²) in [5.41, 5.74) is 1.32. The van der Waals surface area contributed by atoms with Crippen LogP contribution in [0.4, 0.5) is 0 Å². The maximum Gasteiger partial charge on any atom is 0.318 e. The third kappa shape index (κ3) is 5.50. The average Bonchev–Trinajstić information content (AvgIpc) is 3.88. The van der Waals surface area contributed by atoms with Crippen LogP contribution < -0.4 is 0 Å². The van der Waals surface area contributed by atoms with E-state index in [0.717, 1.165) is 43.5 Å². The van der Waals surface area contributed by atoms with Gasteiger partial charge in [-0.05, 0) is 87.7 Å². The van der Waals surface area contributed by atoms with E-state index in [9.17, 15) is 0 Å². The van der Waals surface area contributed by atoms with Crippen LogP contribution in [0.15, 0.2) is 72.3 Å². The van der Waals surface area contributed by atoms with Gasteiger partial charge < -0.3 is 23.7 Å². The van der Waals surface area contributed by atoms with E-state index in [1.165, 1.54) is 12.0 Å². The first-order chi connectivity index (χ1) is 24.4. The zero-order valence-electron chi connectivity index (χ0n) is 31.8. The van der Waals surface area contributed by atoms with Crippen molar-refractivity contribution in [3.8, 4) is 0 Å². The molecule has 2 saturated heterocycles. The summed E-state index contributed by atoms with van der Waals surface area (Å²) in [4.78, 5) is 18.4. The maximum absolute atomic E-state index is 15.9. The summed E-state index contributed by atoms with van der Waals surface area (Å²) in [6.45, 7) is 19.1. The number of hydrogen-bond donors (Lipinski definition) is 0. The standard InChI is InChI=1S/C44H59NO6/c1-28(2)35-23-42(27-49-37-25-45(41(5,6)7)24-30(4)50-37)26-43(40-47-20-21-48-40)34-19-18-29(3)33(34)22-36(42)44(35,43)39(46)51-38(31-14-10-8-11-15-31)32-16-12-9-13-17-32/h8-17,23,28-30,33-34,36-38,40H,18-22,24-27H2,1-7H3/t29?,30-,33?,34?,36?,37-,42?,43?,44?/m1/s1. The monoisotopic (exact) mass is 697 g/mol. The van der Waals surface area contributed by atoms with E-state index >= 15 is 4.79 Å². The second kappa shape index (κ2) is 13.1. The lowest BCUT2D eigenvalue weighted by molar-refractivity contribution is -0.231. The van der Waals surface area contributed by atoms with Crippen molar-refractivity contribution < 1.29 is 28.5 Å². The highest BCUT2D eigenvalue weighted by atomic mass is 16.7. The van der Waals surface area contributed by atoms with Gasteiger partial charge in [-0.3, -0.25) is 9.69 Å². The van der Waals surface area contributed by atoms with Crippen LogP contribution in [0.3, 0.4) is 0 Å². The van der Waals surface area contributed by atoms with Crippen molar-refractivity contribution in [3.05, 3.63) is 83.4 Å². The van der Waals surface area contributed by atoms with Crippen LogP contribution in [0.5, 0.6) is 0 Å². The molecule has 276 valence electrons. The number of nitrogens with zero attached hydrogens (tertiary/aromatic N) is 1. The lowest BCUT2D eigenvalue weighted by atomic mass is 9.46. The van der Waals surface area contributed by atoms with Gasteiger partial charge in [-0.2, -0.15) is 0 Å². The van der Waals surface area contributed by atoms with Gasteiger partial charge in [0, 0.05) is 22.9 Å². The number of ether oxygens (including phenoxy) is 5. The van der Waals surface area contributed by atoms with Gasteiger partial charge in [-0.15, -0.1) is 0 Å². The fourth-order valence-electron chi connectivity index (χ4n) is 12.0. The number of rotatable bonds is 9. The molecule has 7 heteroatoms. The Kier molecular flexibility index (Phi) is 9.10. The molecular formula is C44H59NO6. The smallest absolute Gasteiger partial charge is 0.318 e. The summed E-state index contributed by atoms with van der Waals surface area (Å²) in [5, 5.41) is 0. The predicted molar refractivity (Wildman–Crippen MR) is 196 cm³/mol. The third-order valence-electron chi connectivity index (χ3n) is 14.0. The van der Waals surface area contributed by atoms with Crippen molar-refractivity contribution in [3.63, 3.8) is 0 Å². The van der Waals surface area contributed by atoms with Gasteiger partial charge >= 0.3 is 5.97 Å². The Bertz CT molecular complexity index is 1560. The van der Waals surface area contributed by atoms with E-state index in [4.69, 9.17) is 23.7 Å². The lowest BCUT2D eigenvalue weighted by Crippen LogP contribution is -2.63. The molecule has 0 amide bonds. The van der Waals surface area contributed by atoms with Gasteiger partial charge in [0.15, 0.2) is 18.7 Å². The summed E-state index contributed by atoms with van der Waals surface area (Å²) in [6, 6.07) is 20.4. The first-order valence-corrected chi connectivity index (χ1v) is 19.7. The zero-order chi connectivity index (χ0) is 35.8. The second-order valence-electron chi connectivity index (χ2n) is 18.1. The topological polar surface area (TPSA) is 66.5 Å². The van der Waals surface area contributed by atoms with E-state index in [2.05, 4.69) is 83.7 Å². The lowest BCUT2D eigenvalue weighted by Gasteiger charge is -2.58. The maximum atomic E-state index is 15.9. The molecule has 4 aliphatic carbocycles. The highest BCUT2D eigenvalue weighted by Gasteiger charge is 2.85. The first-order valence-electron chi connectivity index (χ1n) is 19.7. The van der Waals surface area contributed by atoms with Crippen LogP contribution in [0.1, 0.15) is 91.4 Å². The minimum absolute atomic E-state index is 0.0106. The molecule has 2 aromatic carbocycles. The van der Waals surface area contributed by atoms with Crippen LogP contribution in [-0.4, -0.2) is 68.0 Å². The van der Waals surface area contributed by atoms with E-state index in [1.54, 1.807) is 0 Å². The van der Waals surface area contributed by atoms with Crippen molar-refractivity contribution >= 4 is 5.97 Å². The Morgan fingerprint density at radius 2 is 1.59 bits per heavy atom. The minimum Gasteiger partial charge on any atom is -0.452 e. The molecule has 9 atom stereocenters.